The first-order valence-electron chi connectivity index (χ1n) is 12.1. The normalized spacial score (nSPS) is 29.3. The zero-order valence-corrected chi connectivity index (χ0v) is 20.2. The second-order valence-corrected chi connectivity index (χ2v) is 9.44. The number of benzene rings is 1. The summed E-state index contributed by atoms with van der Waals surface area (Å²) in [5.41, 5.74) is 1.62. The van der Waals surface area contributed by atoms with Crippen LogP contribution < -0.4 is 4.90 Å². The predicted octanol–water partition coefficient (Wildman–Crippen LogP) is 2.14. The second kappa shape index (κ2) is 9.50. The van der Waals surface area contributed by atoms with Crippen molar-refractivity contribution in [2.75, 3.05) is 31.2 Å². The van der Waals surface area contributed by atoms with Gasteiger partial charge in [-0.3, -0.25) is 14.4 Å². The number of fused-ring (bicyclic) bond motifs is 1. The Balaban J connectivity index is 1.78. The maximum Gasteiger partial charge on any atom is 0.312 e. The summed E-state index contributed by atoms with van der Waals surface area (Å²) < 4.78 is 11.7. The molecule has 5 atom stereocenters. The van der Waals surface area contributed by atoms with Crippen molar-refractivity contribution in [1.29, 1.82) is 0 Å². The van der Waals surface area contributed by atoms with E-state index >= 15 is 0 Å². The van der Waals surface area contributed by atoms with Gasteiger partial charge in [0, 0.05) is 25.4 Å². The summed E-state index contributed by atoms with van der Waals surface area (Å²) in [4.78, 5) is 44.0. The Labute approximate surface area is 200 Å². The van der Waals surface area contributed by atoms with E-state index in [-0.39, 0.29) is 38.1 Å². The van der Waals surface area contributed by atoms with Gasteiger partial charge in [0.1, 0.15) is 11.6 Å². The number of amides is 2. The summed E-state index contributed by atoms with van der Waals surface area (Å²) in [5, 5.41) is 9.47. The molecule has 3 aliphatic rings. The van der Waals surface area contributed by atoms with E-state index in [0.717, 1.165) is 16.8 Å². The molecule has 1 aromatic carbocycles. The van der Waals surface area contributed by atoms with Crippen LogP contribution in [-0.2, 0) is 23.9 Å². The lowest BCUT2D eigenvalue weighted by Crippen LogP contribution is -2.56. The molecule has 2 amide bonds. The molecule has 34 heavy (non-hydrogen) atoms. The van der Waals surface area contributed by atoms with Crippen LogP contribution in [0.5, 0.6) is 0 Å². The first-order chi connectivity index (χ1) is 16.3. The van der Waals surface area contributed by atoms with Crippen molar-refractivity contribution in [2.45, 2.75) is 57.8 Å². The highest BCUT2D eigenvalue weighted by Gasteiger charge is 2.75. The third-order valence-electron chi connectivity index (χ3n) is 7.38. The molecule has 0 aromatic heterocycles. The second-order valence-electron chi connectivity index (χ2n) is 9.44. The van der Waals surface area contributed by atoms with Crippen molar-refractivity contribution in [3.63, 3.8) is 0 Å². The van der Waals surface area contributed by atoms with Crippen LogP contribution in [0.25, 0.3) is 0 Å². The number of rotatable bonds is 9. The Kier molecular flexibility index (Phi) is 6.82. The van der Waals surface area contributed by atoms with Crippen LogP contribution in [0.4, 0.5) is 5.69 Å². The Morgan fingerprint density at radius 2 is 2.15 bits per heavy atom. The molecule has 0 aliphatic carbocycles. The highest BCUT2D eigenvalue weighted by molar-refractivity contribution is 6.05. The molecule has 1 aromatic rings. The molecule has 0 radical (unpaired) electrons. The van der Waals surface area contributed by atoms with Gasteiger partial charge in [-0.15, -0.1) is 6.58 Å². The zero-order chi connectivity index (χ0) is 24.6. The maximum absolute atomic E-state index is 14.3. The van der Waals surface area contributed by atoms with Crippen molar-refractivity contribution < 1.29 is 29.0 Å². The Morgan fingerprint density at radius 1 is 1.38 bits per heavy atom. The van der Waals surface area contributed by atoms with Crippen molar-refractivity contribution in [2.24, 2.45) is 11.8 Å². The SMILES string of the molecule is C=CCN(C(=O)[C@H]1N(CCCO)C(=O)[C@@H]2[C@@H](C(=O)OCC)[C@H]3CC[C@]21O3)c1cc(C)ccc1C. The van der Waals surface area contributed by atoms with Gasteiger partial charge in [-0.25, -0.2) is 0 Å². The fraction of sp³-hybridized carbons (Fsp3) is 0.577. The summed E-state index contributed by atoms with van der Waals surface area (Å²) in [6.07, 6.45) is 2.67. The molecule has 3 aliphatic heterocycles. The van der Waals surface area contributed by atoms with E-state index in [0.29, 0.717) is 19.3 Å². The topological polar surface area (TPSA) is 96.4 Å². The molecule has 3 saturated heterocycles. The molecular weight excluding hydrogens is 436 g/mol. The van der Waals surface area contributed by atoms with E-state index < -0.39 is 35.6 Å². The van der Waals surface area contributed by atoms with Crippen molar-refractivity contribution in [3.8, 4) is 0 Å². The van der Waals surface area contributed by atoms with Gasteiger partial charge in [-0.1, -0.05) is 18.2 Å². The summed E-state index contributed by atoms with van der Waals surface area (Å²) in [5.74, 6) is -2.45. The number of hydrogen-bond acceptors (Lipinski definition) is 6. The molecule has 184 valence electrons. The van der Waals surface area contributed by atoms with Gasteiger partial charge in [0.2, 0.25) is 5.91 Å². The molecule has 1 N–H and O–H groups in total. The van der Waals surface area contributed by atoms with Gasteiger partial charge >= 0.3 is 5.97 Å². The Hall–Kier alpha value is -2.71. The van der Waals surface area contributed by atoms with E-state index in [2.05, 4.69) is 6.58 Å². The van der Waals surface area contributed by atoms with E-state index in [1.807, 2.05) is 32.0 Å². The van der Waals surface area contributed by atoms with Crippen molar-refractivity contribution >= 4 is 23.5 Å². The van der Waals surface area contributed by atoms with Crippen LogP contribution in [-0.4, -0.2) is 71.8 Å². The van der Waals surface area contributed by atoms with Crippen LogP contribution in [0.15, 0.2) is 30.9 Å². The third kappa shape index (κ3) is 3.73. The minimum Gasteiger partial charge on any atom is -0.466 e. The zero-order valence-electron chi connectivity index (χ0n) is 20.2. The number of aryl methyl sites for hydroxylation is 2. The quantitative estimate of drug-likeness (QED) is 0.439. The summed E-state index contributed by atoms with van der Waals surface area (Å²) in [6.45, 7) is 10.1. The number of carbonyl (C=O) groups is 3. The van der Waals surface area contributed by atoms with Gasteiger partial charge < -0.3 is 24.4 Å². The van der Waals surface area contributed by atoms with Gasteiger partial charge in [-0.2, -0.15) is 0 Å². The maximum atomic E-state index is 14.3. The third-order valence-corrected chi connectivity index (χ3v) is 7.38. The summed E-state index contributed by atoms with van der Waals surface area (Å²) >= 11 is 0. The highest BCUT2D eigenvalue weighted by atomic mass is 16.6. The minimum atomic E-state index is -1.08. The molecule has 3 fully saturated rings. The van der Waals surface area contributed by atoms with Crippen molar-refractivity contribution in [1.82, 2.24) is 4.90 Å². The van der Waals surface area contributed by atoms with E-state index in [9.17, 15) is 19.5 Å². The molecule has 4 rings (SSSR count). The minimum absolute atomic E-state index is 0.111. The monoisotopic (exact) mass is 470 g/mol. The van der Waals surface area contributed by atoms with Gasteiger partial charge in [0.05, 0.1) is 24.5 Å². The lowest BCUT2D eigenvalue weighted by atomic mass is 9.70. The number of anilines is 1. The molecule has 8 nitrogen and oxygen atoms in total. The molecule has 3 heterocycles. The lowest BCUT2D eigenvalue weighted by Gasteiger charge is -2.37. The largest absolute Gasteiger partial charge is 0.466 e. The molecule has 0 unspecified atom stereocenters. The summed E-state index contributed by atoms with van der Waals surface area (Å²) in [7, 11) is 0. The highest BCUT2D eigenvalue weighted by Crippen LogP contribution is 2.59. The van der Waals surface area contributed by atoms with E-state index in [1.54, 1.807) is 17.9 Å². The first kappa shape index (κ1) is 24.4. The van der Waals surface area contributed by atoms with E-state index in [4.69, 9.17) is 9.47 Å². The summed E-state index contributed by atoms with van der Waals surface area (Å²) in [6, 6.07) is 5.02. The number of likely N-dealkylation sites (tertiary alicyclic amines) is 1. The molecule has 1 spiro atoms. The van der Waals surface area contributed by atoms with Crippen molar-refractivity contribution in [3.05, 3.63) is 42.0 Å². The van der Waals surface area contributed by atoms with Gasteiger partial charge in [0.15, 0.2) is 0 Å². The number of aliphatic hydroxyl groups excluding tert-OH is 1. The number of ether oxygens (including phenoxy) is 2. The fourth-order valence-corrected chi connectivity index (χ4v) is 6.01. The molecule has 8 heteroatoms. The molecule has 2 bridgehead atoms. The van der Waals surface area contributed by atoms with Gasteiger partial charge in [0.25, 0.3) is 5.91 Å². The number of hydrogen-bond donors (Lipinski definition) is 1. The van der Waals surface area contributed by atoms with Crippen LogP contribution in [0, 0.1) is 25.7 Å². The number of nitrogens with zero attached hydrogens (tertiary/aromatic N) is 2. The van der Waals surface area contributed by atoms with Crippen LogP contribution in [0.3, 0.4) is 0 Å². The fourth-order valence-electron chi connectivity index (χ4n) is 6.01. The smallest absolute Gasteiger partial charge is 0.312 e. The number of carbonyl (C=O) groups excluding carboxylic acids is 3. The average Bonchev–Trinajstić information content (AvgIpc) is 3.45. The Bertz CT molecular complexity index is 994. The standard InChI is InChI=1S/C26H34N2O6/c1-5-12-27(18-15-16(3)8-9-17(18)4)24(31)22-26-11-10-19(34-26)20(25(32)33-6-2)21(26)23(30)28(22)13-7-14-29/h5,8-9,15,19-22,29H,1,6-7,10-14H2,2-4H3/t19-,20+,21+,22-,26+/m1/s1. The van der Waals surface area contributed by atoms with Crippen LogP contribution >= 0.6 is 0 Å². The average molecular weight is 471 g/mol. The lowest BCUT2D eigenvalue weighted by molar-refractivity contribution is -0.154. The Morgan fingerprint density at radius 3 is 2.82 bits per heavy atom. The van der Waals surface area contributed by atoms with Crippen LogP contribution in [0.1, 0.15) is 37.3 Å². The predicted molar refractivity (Wildman–Crippen MR) is 126 cm³/mol. The van der Waals surface area contributed by atoms with Crippen LogP contribution in [0.2, 0.25) is 0 Å². The number of esters is 1. The molecular formula is C26H34N2O6. The van der Waals surface area contributed by atoms with Gasteiger partial charge in [-0.05, 0) is 57.2 Å². The molecule has 0 saturated carbocycles. The number of aliphatic hydroxyl groups is 1. The van der Waals surface area contributed by atoms with E-state index in [1.165, 1.54) is 4.90 Å². The first-order valence-corrected chi connectivity index (χ1v) is 12.1.